The molecule has 0 saturated carbocycles. The minimum atomic E-state index is -0.342. The second-order valence-electron chi connectivity index (χ2n) is 6.15. The van der Waals surface area contributed by atoms with Gasteiger partial charge in [-0.3, -0.25) is 15.1 Å². The number of aromatic nitrogens is 6. The summed E-state index contributed by atoms with van der Waals surface area (Å²) in [4.78, 5) is 20.7. The summed E-state index contributed by atoms with van der Waals surface area (Å²) in [6, 6.07) is 3.84. The number of ether oxygens (including phenoxy) is 1. The van der Waals surface area contributed by atoms with Crippen LogP contribution in [0.3, 0.4) is 0 Å². The predicted octanol–water partition coefficient (Wildman–Crippen LogP) is 1.35. The fraction of sp³-hybridized carbons (Fsp3) is 0.353. The van der Waals surface area contributed by atoms with E-state index in [9.17, 15) is 4.79 Å². The number of rotatable bonds is 6. The molecule has 1 aliphatic heterocycles. The molecule has 4 rings (SSSR count). The Morgan fingerprint density at radius 1 is 1.31 bits per heavy atom. The van der Waals surface area contributed by atoms with Gasteiger partial charge in [0.05, 0.1) is 25.4 Å². The lowest BCUT2D eigenvalue weighted by molar-refractivity contribution is 0.0934. The average molecular weight is 353 g/mol. The number of pyridine rings is 1. The molecule has 3 aromatic rings. The summed E-state index contributed by atoms with van der Waals surface area (Å²) in [5.41, 5.74) is 1.32. The zero-order valence-corrected chi connectivity index (χ0v) is 14.2. The number of carbonyl (C=O) groups excluding carboxylic acids is 1. The number of nitrogens with one attached hydrogen (secondary N) is 1. The molecule has 1 atom stereocenters. The summed E-state index contributed by atoms with van der Waals surface area (Å²) < 4.78 is 9.08. The number of carbonyl (C=O) groups is 1. The van der Waals surface area contributed by atoms with Crippen LogP contribution in [0.5, 0.6) is 0 Å². The highest BCUT2D eigenvalue weighted by Crippen LogP contribution is 2.14. The van der Waals surface area contributed by atoms with E-state index in [1.807, 2.05) is 22.9 Å². The van der Waals surface area contributed by atoms with Crippen molar-refractivity contribution in [1.29, 1.82) is 0 Å². The van der Waals surface area contributed by atoms with Crippen LogP contribution in [-0.2, 0) is 17.8 Å². The molecule has 0 aliphatic carbocycles. The topological polar surface area (TPSA) is 99.8 Å². The molecule has 0 spiro atoms. The molecule has 0 radical (unpaired) electrons. The van der Waals surface area contributed by atoms with E-state index >= 15 is 0 Å². The summed E-state index contributed by atoms with van der Waals surface area (Å²) in [5, 5.41) is 10.7. The molecule has 1 fully saturated rings. The van der Waals surface area contributed by atoms with Gasteiger partial charge in [0.25, 0.3) is 5.91 Å². The average Bonchev–Trinajstić information content (AvgIpc) is 3.40. The Hall–Kier alpha value is -3.07. The number of anilines is 1. The Morgan fingerprint density at radius 2 is 2.19 bits per heavy atom. The van der Waals surface area contributed by atoms with E-state index in [1.54, 1.807) is 29.5 Å². The first kappa shape index (κ1) is 16.4. The van der Waals surface area contributed by atoms with E-state index in [4.69, 9.17) is 4.74 Å². The van der Waals surface area contributed by atoms with Crippen LogP contribution in [-0.4, -0.2) is 48.1 Å². The van der Waals surface area contributed by atoms with Crippen molar-refractivity contribution < 1.29 is 9.53 Å². The molecule has 3 aromatic heterocycles. The summed E-state index contributed by atoms with van der Waals surface area (Å²) in [5.74, 6) is 0.117. The highest BCUT2D eigenvalue weighted by Gasteiger charge is 2.19. The molecule has 0 aromatic carbocycles. The van der Waals surface area contributed by atoms with Crippen molar-refractivity contribution in [1.82, 2.24) is 29.5 Å². The summed E-state index contributed by atoms with van der Waals surface area (Å²) in [6.07, 6.45) is 10.8. The quantitative estimate of drug-likeness (QED) is 0.718. The minimum absolute atomic E-state index is 0.145. The number of nitrogens with zero attached hydrogens (tertiary/aromatic N) is 6. The van der Waals surface area contributed by atoms with Crippen molar-refractivity contribution in [3.05, 3.63) is 54.4 Å². The maximum absolute atomic E-state index is 12.4. The van der Waals surface area contributed by atoms with Crippen LogP contribution in [0, 0.1) is 0 Å². The molecule has 1 unspecified atom stereocenters. The molecule has 134 valence electrons. The Kier molecular flexibility index (Phi) is 4.69. The van der Waals surface area contributed by atoms with E-state index in [1.165, 1.54) is 0 Å². The zero-order valence-electron chi connectivity index (χ0n) is 14.2. The van der Waals surface area contributed by atoms with E-state index in [0.29, 0.717) is 19.0 Å². The van der Waals surface area contributed by atoms with Gasteiger partial charge in [0, 0.05) is 31.4 Å². The van der Waals surface area contributed by atoms with Gasteiger partial charge < -0.3 is 9.30 Å². The van der Waals surface area contributed by atoms with Gasteiger partial charge in [-0.25, -0.2) is 9.67 Å². The third-order valence-electron chi connectivity index (χ3n) is 4.23. The van der Waals surface area contributed by atoms with E-state index in [0.717, 1.165) is 25.0 Å². The second kappa shape index (κ2) is 7.44. The van der Waals surface area contributed by atoms with Crippen LogP contribution in [0.1, 0.15) is 28.9 Å². The Balaban J connectivity index is 1.41. The van der Waals surface area contributed by atoms with Gasteiger partial charge in [-0.05, 0) is 30.5 Å². The smallest absolute Gasteiger partial charge is 0.280 e. The lowest BCUT2D eigenvalue weighted by Crippen LogP contribution is -2.17. The highest BCUT2D eigenvalue weighted by molar-refractivity contribution is 6.01. The fourth-order valence-electron chi connectivity index (χ4n) is 2.90. The van der Waals surface area contributed by atoms with Crippen LogP contribution in [0.25, 0.3) is 0 Å². The van der Waals surface area contributed by atoms with Gasteiger partial charge in [0.1, 0.15) is 0 Å². The van der Waals surface area contributed by atoms with Gasteiger partial charge >= 0.3 is 0 Å². The second-order valence-corrected chi connectivity index (χ2v) is 6.15. The molecule has 9 heteroatoms. The van der Waals surface area contributed by atoms with Crippen molar-refractivity contribution in [3.8, 4) is 0 Å². The Morgan fingerprint density at radius 3 is 3.00 bits per heavy atom. The van der Waals surface area contributed by atoms with E-state index < -0.39 is 0 Å². The van der Waals surface area contributed by atoms with Crippen molar-refractivity contribution in [2.24, 2.45) is 0 Å². The number of amides is 1. The van der Waals surface area contributed by atoms with Gasteiger partial charge in [0.15, 0.2) is 5.69 Å². The third-order valence-corrected chi connectivity index (χ3v) is 4.23. The molecule has 1 amide bonds. The number of hydrogen-bond donors (Lipinski definition) is 1. The molecule has 1 aliphatic rings. The molecule has 4 heterocycles. The summed E-state index contributed by atoms with van der Waals surface area (Å²) in [7, 11) is 0. The first-order chi connectivity index (χ1) is 12.8. The number of hydrogen-bond acceptors (Lipinski definition) is 6. The molecule has 26 heavy (non-hydrogen) atoms. The van der Waals surface area contributed by atoms with Crippen LogP contribution in [0.15, 0.2) is 43.1 Å². The zero-order chi connectivity index (χ0) is 17.8. The van der Waals surface area contributed by atoms with Crippen LogP contribution < -0.4 is 5.32 Å². The highest BCUT2D eigenvalue weighted by atomic mass is 16.5. The van der Waals surface area contributed by atoms with Crippen molar-refractivity contribution in [2.45, 2.75) is 32.0 Å². The summed E-state index contributed by atoms with van der Waals surface area (Å²) >= 11 is 0. The van der Waals surface area contributed by atoms with Gasteiger partial charge in [-0.2, -0.15) is 0 Å². The molecular weight excluding hydrogens is 334 g/mol. The minimum Gasteiger partial charge on any atom is -0.376 e. The Bertz CT molecular complexity index is 868. The van der Waals surface area contributed by atoms with Gasteiger partial charge in [0.2, 0.25) is 5.95 Å². The maximum Gasteiger partial charge on any atom is 0.280 e. The van der Waals surface area contributed by atoms with Crippen molar-refractivity contribution in [3.63, 3.8) is 0 Å². The SMILES string of the molecule is O=C(Nc1nccn1Cc1ccncc1)c1cn(CC2CCCO2)nn1. The maximum atomic E-state index is 12.4. The van der Waals surface area contributed by atoms with E-state index in [2.05, 4.69) is 25.6 Å². The van der Waals surface area contributed by atoms with Crippen LogP contribution >= 0.6 is 0 Å². The standard InChI is InChI=1S/C17H19N7O2/c25-16(15-12-24(22-21-15)11-14-2-1-9-26-14)20-17-19-7-8-23(17)10-13-3-5-18-6-4-13/h3-8,12,14H,1-2,9-11H2,(H,19,20,25). The van der Waals surface area contributed by atoms with Gasteiger partial charge in [-0.15, -0.1) is 5.10 Å². The fourth-order valence-corrected chi connectivity index (χ4v) is 2.90. The largest absolute Gasteiger partial charge is 0.376 e. The third kappa shape index (κ3) is 3.77. The molecule has 1 N–H and O–H groups in total. The lowest BCUT2D eigenvalue weighted by atomic mass is 10.2. The van der Waals surface area contributed by atoms with Crippen LogP contribution in [0.2, 0.25) is 0 Å². The van der Waals surface area contributed by atoms with Gasteiger partial charge in [-0.1, -0.05) is 5.21 Å². The van der Waals surface area contributed by atoms with Crippen LogP contribution in [0.4, 0.5) is 5.95 Å². The summed E-state index contributed by atoms with van der Waals surface area (Å²) in [6.45, 7) is 1.98. The molecule has 9 nitrogen and oxygen atoms in total. The normalized spacial score (nSPS) is 16.7. The predicted molar refractivity (Wildman–Crippen MR) is 92.5 cm³/mol. The van der Waals surface area contributed by atoms with Crippen molar-refractivity contribution in [2.75, 3.05) is 11.9 Å². The lowest BCUT2D eigenvalue weighted by Gasteiger charge is -2.08. The Labute approximate surface area is 150 Å². The molecule has 0 bridgehead atoms. The monoisotopic (exact) mass is 353 g/mol. The van der Waals surface area contributed by atoms with Crippen molar-refractivity contribution >= 4 is 11.9 Å². The number of imidazole rings is 1. The first-order valence-electron chi connectivity index (χ1n) is 8.51. The first-order valence-corrected chi connectivity index (χ1v) is 8.51. The van der Waals surface area contributed by atoms with E-state index in [-0.39, 0.29) is 17.7 Å². The molecular formula is C17H19N7O2. The molecule has 1 saturated heterocycles.